The molecule has 198 valence electrons. The van der Waals surface area contributed by atoms with E-state index in [1.54, 1.807) is 0 Å². The zero-order chi connectivity index (χ0) is 24.5. The van der Waals surface area contributed by atoms with E-state index in [9.17, 15) is 0 Å². The molecule has 2 nitrogen and oxygen atoms in total. The van der Waals surface area contributed by atoms with Gasteiger partial charge in [0.2, 0.25) is 0 Å². The summed E-state index contributed by atoms with van der Waals surface area (Å²) in [6.45, 7) is 9.83. The van der Waals surface area contributed by atoms with Gasteiger partial charge in [0.15, 0.2) is 0 Å². The van der Waals surface area contributed by atoms with E-state index in [1.165, 1.54) is 96.3 Å². The molecule has 0 radical (unpaired) electrons. The van der Waals surface area contributed by atoms with E-state index in [1.807, 2.05) is 0 Å². The number of halogens is 2. The van der Waals surface area contributed by atoms with Crippen molar-refractivity contribution in [3.63, 3.8) is 0 Å². The van der Waals surface area contributed by atoms with Crippen LogP contribution < -0.4 is 0 Å². The van der Waals surface area contributed by atoms with Crippen LogP contribution in [0.5, 0.6) is 0 Å². The van der Waals surface area contributed by atoms with Crippen LogP contribution in [0.4, 0.5) is 0 Å². The molecular weight excluding hydrogens is 495 g/mol. The molecule has 0 spiro atoms. The van der Waals surface area contributed by atoms with Gasteiger partial charge in [-0.1, -0.05) is 135 Å². The van der Waals surface area contributed by atoms with Crippen molar-refractivity contribution in [2.75, 3.05) is 0 Å². The van der Waals surface area contributed by atoms with Crippen LogP contribution in [0.3, 0.4) is 0 Å². The third-order valence-electron chi connectivity index (χ3n) is 9.88. The van der Waals surface area contributed by atoms with Crippen LogP contribution in [0.25, 0.3) is 10.6 Å². The van der Waals surface area contributed by atoms with E-state index < -0.39 is 17.0 Å². The summed E-state index contributed by atoms with van der Waals surface area (Å²) in [5.41, 5.74) is 0. The van der Waals surface area contributed by atoms with Gasteiger partial charge < -0.3 is 10.6 Å². The summed E-state index contributed by atoms with van der Waals surface area (Å²) >= 11 is -0.556. The maximum atomic E-state index is 5.59. The number of nitrogens with zero attached hydrogens (tertiary/aromatic N) is 2. The van der Waals surface area contributed by atoms with Crippen molar-refractivity contribution < 1.29 is 17.0 Å². The molecule has 4 fully saturated rings. The fourth-order valence-electron chi connectivity index (χ4n) is 7.94. The van der Waals surface area contributed by atoms with Gasteiger partial charge in [0.05, 0.1) is 0 Å². The molecule has 0 amide bonds. The topological polar surface area (TPSA) is 28.2 Å². The molecule has 0 aromatic carbocycles. The van der Waals surface area contributed by atoms with Crippen LogP contribution in [0.15, 0.2) is 0 Å². The summed E-state index contributed by atoms with van der Waals surface area (Å²) < 4.78 is 0. The predicted molar refractivity (Wildman–Crippen MR) is 146 cm³/mol. The normalized spacial score (nSPS) is 43.5. The minimum atomic E-state index is -0.556. The molecule has 4 aliphatic carbocycles. The van der Waals surface area contributed by atoms with Gasteiger partial charge in [0.1, 0.15) is 0 Å². The standard InChI is InChI=1S/C29H52N2.2ClH.Ti/c1-20-13-15-26(22(3)17-20)30-28-11-7-5-9-24(28)19-25-10-6-8-12-29(25)31-27-16-14-21(2)18-23(27)4;;;/h20-29H,5-19H2,1-4H3;2*1H;/q-2;;;+2/p-2. The number of hydrogen-bond acceptors (Lipinski definition) is 0. The Kier molecular flexibility index (Phi) is 13.6. The first-order chi connectivity index (χ1) is 16.4. The Morgan fingerprint density at radius 1 is 0.559 bits per heavy atom. The van der Waals surface area contributed by atoms with Crippen molar-refractivity contribution in [2.24, 2.45) is 35.5 Å². The Morgan fingerprint density at radius 2 is 0.941 bits per heavy atom. The van der Waals surface area contributed by atoms with Crippen molar-refractivity contribution in [3.05, 3.63) is 10.6 Å². The van der Waals surface area contributed by atoms with Crippen LogP contribution in [0.2, 0.25) is 0 Å². The second kappa shape index (κ2) is 15.6. The second-order valence-electron chi connectivity index (χ2n) is 12.8. The molecule has 0 aliphatic heterocycles. The Hall–Kier alpha value is 1.21. The molecule has 10 unspecified atom stereocenters. The first-order valence-electron chi connectivity index (χ1n) is 14.8. The molecule has 0 aromatic heterocycles. The van der Waals surface area contributed by atoms with E-state index >= 15 is 0 Å². The molecular formula is C29H52Cl2N2Ti-2. The minimum absolute atomic E-state index is 0.556. The van der Waals surface area contributed by atoms with Crippen LogP contribution in [0.1, 0.15) is 124 Å². The van der Waals surface area contributed by atoms with E-state index in [0.29, 0.717) is 24.2 Å². The first kappa shape index (κ1) is 29.8. The van der Waals surface area contributed by atoms with E-state index in [4.69, 9.17) is 29.2 Å². The summed E-state index contributed by atoms with van der Waals surface area (Å²) in [6, 6.07) is 2.62. The van der Waals surface area contributed by atoms with Gasteiger partial charge in [0.25, 0.3) is 0 Å². The van der Waals surface area contributed by atoms with Crippen LogP contribution >= 0.6 is 18.6 Å². The molecule has 0 saturated heterocycles. The van der Waals surface area contributed by atoms with Gasteiger partial charge in [-0.15, -0.1) is 24.2 Å². The van der Waals surface area contributed by atoms with Crippen molar-refractivity contribution in [3.8, 4) is 0 Å². The Bertz CT molecular complexity index is 518. The first-order valence-corrected chi connectivity index (χ1v) is 19.1. The third kappa shape index (κ3) is 9.20. The second-order valence-corrected chi connectivity index (χ2v) is 15.3. The summed E-state index contributed by atoms with van der Waals surface area (Å²) in [6.07, 6.45) is 21.1. The van der Waals surface area contributed by atoms with E-state index in [-0.39, 0.29) is 0 Å². The molecule has 10 atom stereocenters. The zero-order valence-electron chi connectivity index (χ0n) is 22.5. The maximum absolute atomic E-state index is 5.59. The SMILES string of the molecule is CC1CCC([N-]C2CCCCC2CC2CCCCC2[N-]C2CCC(C)CC2C)C(C)C1.[Cl][Ti][Cl]. The molecule has 0 heterocycles. The Labute approximate surface area is 228 Å². The third-order valence-corrected chi connectivity index (χ3v) is 9.88. The summed E-state index contributed by atoms with van der Waals surface area (Å²) in [5.74, 6) is 5.14. The molecule has 5 heteroatoms. The van der Waals surface area contributed by atoms with Crippen molar-refractivity contribution in [1.29, 1.82) is 0 Å². The quantitative estimate of drug-likeness (QED) is 0.296. The van der Waals surface area contributed by atoms with Crippen molar-refractivity contribution >= 4 is 18.6 Å². The average molecular weight is 548 g/mol. The average Bonchev–Trinajstić information content (AvgIpc) is 2.80. The molecule has 0 bridgehead atoms. The van der Waals surface area contributed by atoms with Gasteiger partial charge in [-0.2, -0.15) is 0 Å². The number of hydrogen-bond donors (Lipinski definition) is 0. The van der Waals surface area contributed by atoms with Gasteiger partial charge in [-0.05, 0) is 24.7 Å². The molecule has 34 heavy (non-hydrogen) atoms. The van der Waals surface area contributed by atoms with Gasteiger partial charge in [-0.25, -0.2) is 0 Å². The van der Waals surface area contributed by atoms with Crippen molar-refractivity contribution in [2.45, 2.75) is 148 Å². The molecule has 0 N–H and O–H groups in total. The fourth-order valence-corrected chi connectivity index (χ4v) is 7.94. The number of rotatable bonds is 6. The van der Waals surface area contributed by atoms with E-state index in [2.05, 4.69) is 27.7 Å². The van der Waals surface area contributed by atoms with Gasteiger partial charge in [0, 0.05) is 0 Å². The molecule has 4 rings (SSSR count). The molecule has 4 aliphatic rings. The monoisotopic (exact) mass is 546 g/mol. The predicted octanol–water partition coefficient (Wildman–Crippen LogP) is 10.3. The van der Waals surface area contributed by atoms with Crippen LogP contribution in [-0.4, -0.2) is 24.2 Å². The Balaban J connectivity index is 0.00000103. The molecule has 4 saturated carbocycles. The summed E-state index contributed by atoms with van der Waals surface area (Å²) in [7, 11) is 9.78. The zero-order valence-corrected chi connectivity index (χ0v) is 25.6. The van der Waals surface area contributed by atoms with Crippen LogP contribution in [-0.2, 0) is 17.0 Å². The van der Waals surface area contributed by atoms with Crippen molar-refractivity contribution in [1.82, 2.24) is 0 Å². The van der Waals surface area contributed by atoms with Gasteiger partial charge >= 0.3 is 35.6 Å². The van der Waals surface area contributed by atoms with Crippen LogP contribution in [0, 0.1) is 35.5 Å². The summed E-state index contributed by atoms with van der Waals surface area (Å²) in [5, 5.41) is 11.2. The van der Waals surface area contributed by atoms with E-state index in [0.717, 1.165) is 35.5 Å². The summed E-state index contributed by atoms with van der Waals surface area (Å²) in [4.78, 5) is 0. The fraction of sp³-hybridized carbons (Fsp3) is 1.00. The van der Waals surface area contributed by atoms with Gasteiger partial charge in [-0.3, -0.25) is 0 Å². The Morgan fingerprint density at radius 3 is 1.32 bits per heavy atom. The molecule has 0 aromatic rings.